The number of fused-ring (bicyclic) bond motifs is 1. The summed E-state index contributed by atoms with van der Waals surface area (Å²) in [6.45, 7) is -0.0138. The zero-order chi connectivity index (χ0) is 27.5. The molecule has 0 saturated heterocycles. The summed E-state index contributed by atoms with van der Waals surface area (Å²) < 4.78 is 64.8. The number of halogens is 1. The predicted molar refractivity (Wildman–Crippen MR) is 143 cm³/mol. The van der Waals surface area contributed by atoms with Crippen molar-refractivity contribution in [3.05, 3.63) is 77.8 Å². The molecule has 0 aromatic heterocycles. The van der Waals surface area contributed by atoms with E-state index in [1.54, 1.807) is 24.3 Å². The van der Waals surface area contributed by atoms with Gasteiger partial charge in [0.15, 0.2) is 6.10 Å². The minimum atomic E-state index is -4.00. The molecular formula is C25H26ClN3O7S2. The lowest BCUT2D eigenvalue weighted by molar-refractivity contribution is -0.127. The number of para-hydroxylation sites is 2. The first-order valence-electron chi connectivity index (χ1n) is 11.5. The molecule has 10 nitrogen and oxygen atoms in total. The zero-order valence-electron chi connectivity index (χ0n) is 20.6. The van der Waals surface area contributed by atoms with Gasteiger partial charge in [0.05, 0.1) is 28.6 Å². The van der Waals surface area contributed by atoms with E-state index >= 15 is 0 Å². The molecule has 38 heavy (non-hydrogen) atoms. The molecule has 3 aromatic rings. The fourth-order valence-electron chi connectivity index (χ4n) is 3.68. The summed E-state index contributed by atoms with van der Waals surface area (Å²) in [6.07, 6.45) is -1.09. The van der Waals surface area contributed by atoms with Crippen LogP contribution in [0.25, 0.3) is 0 Å². The van der Waals surface area contributed by atoms with Gasteiger partial charge in [-0.3, -0.25) is 9.10 Å². The highest BCUT2D eigenvalue weighted by atomic mass is 35.5. The molecule has 0 fully saturated rings. The van der Waals surface area contributed by atoms with Crippen LogP contribution in [0.1, 0.15) is 0 Å². The average Bonchev–Trinajstić information content (AvgIpc) is 2.90. The number of rotatable bonds is 9. The van der Waals surface area contributed by atoms with Crippen LogP contribution in [0.3, 0.4) is 0 Å². The predicted octanol–water partition coefficient (Wildman–Crippen LogP) is 2.74. The molecule has 0 aliphatic carbocycles. The zero-order valence-corrected chi connectivity index (χ0v) is 23.0. The standard InChI is InChI=1S/C25H26ClN3O7S2/c1-28(2)37(31,32)20-13-9-19(10-14-20)35-16-15-27-25(30)24-17-29(22-5-3-4-6-23(22)36-24)38(33,34)21-11-7-18(26)8-12-21/h3-14,24H,15-17H2,1-2H3,(H,27,30)/t24-/m0/s1. The first kappa shape index (κ1) is 27.7. The summed E-state index contributed by atoms with van der Waals surface area (Å²) in [5.74, 6) is 0.187. The van der Waals surface area contributed by atoms with Crippen molar-refractivity contribution in [1.82, 2.24) is 9.62 Å². The minimum absolute atomic E-state index is 0.0376. The Kier molecular flexibility index (Phi) is 8.16. The van der Waals surface area contributed by atoms with Crippen molar-refractivity contribution >= 4 is 43.2 Å². The van der Waals surface area contributed by atoms with Crippen molar-refractivity contribution in [3.8, 4) is 11.5 Å². The Morgan fingerprint density at radius 1 is 1.00 bits per heavy atom. The maximum absolute atomic E-state index is 13.4. The van der Waals surface area contributed by atoms with Crippen LogP contribution in [0, 0.1) is 0 Å². The number of ether oxygens (including phenoxy) is 2. The molecule has 1 amide bonds. The largest absolute Gasteiger partial charge is 0.492 e. The van der Waals surface area contributed by atoms with Crippen LogP contribution in [0.5, 0.6) is 11.5 Å². The average molecular weight is 580 g/mol. The molecule has 1 heterocycles. The first-order valence-corrected chi connectivity index (χ1v) is 14.7. The molecule has 3 aromatic carbocycles. The highest BCUT2D eigenvalue weighted by Crippen LogP contribution is 2.37. The summed E-state index contributed by atoms with van der Waals surface area (Å²) in [5, 5.41) is 3.10. The Morgan fingerprint density at radius 2 is 1.63 bits per heavy atom. The van der Waals surface area contributed by atoms with Gasteiger partial charge < -0.3 is 14.8 Å². The van der Waals surface area contributed by atoms with Gasteiger partial charge >= 0.3 is 0 Å². The monoisotopic (exact) mass is 579 g/mol. The Balaban J connectivity index is 1.39. The molecule has 0 saturated carbocycles. The topological polar surface area (TPSA) is 122 Å². The molecule has 13 heteroatoms. The number of anilines is 1. The number of hydrogen-bond donors (Lipinski definition) is 1. The second-order valence-corrected chi connectivity index (χ2v) is 12.9. The van der Waals surface area contributed by atoms with Gasteiger partial charge in [-0.2, -0.15) is 0 Å². The molecule has 1 aliphatic rings. The van der Waals surface area contributed by atoms with Gasteiger partial charge in [-0.15, -0.1) is 0 Å². The molecule has 4 rings (SSSR count). The van der Waals surface area contributed by atoms with E-state index in [-0.39, 0.29) is 35.2 Å². The number of benzene rings is 3. The van der Waals surface area contributed by atoms with Crippen LogP contribution < -0.4 is 19.1 Å². The molecule has 0 radical (unpaired) electrons. The number of hydrogen-bond acceptors (Lipinski definition) is 7. The summed E-state index contributed by atoms with van der Waals surface area (Å²) in [4.78, 5) is 13.1. The maximum atomic E-state index is 13.4. The Bertz CT molecular complexity index is 1510. The summed E-state index contributed by atoms with van der Waals surface area (Å²) in [7, 11) is -4.64. The quantitative estimate of drug-likeness (QED) is 0.387. The molecule has 1 aliphatic heterocycles. The number of amides is 1. The van der Waals surface area contributed by atoms with Crippen LogP contribution >= 0.6 is 11.6 Å². The fourth-order valence-corrected chi connectivity index (χ4v) is 6.18. The van der Waals surface area contributed by atoms with E-state index in [0.717, 1.165) is 8.61 Å². The molecule has 0 spiro atoms. The van der Waals surface area contributed by atoms with Crippen molar-refractivity contribution in [2.45, 2.75) is 15.9 Å². The third-order valence-corrected chi connectivity index (χ3v) is 9.58. The van der Waals surface area contributed by atoms with E-state index in [9.17, 15) is 21.6 Å². The van der Waals surface area contributed by atoms with Gasteiger partial charge in [0.25, 0.3) is 15.9 Å². The minimum Gasteiger partial charge on any atom is -0.492 e. The molecule has 0 bridgehead atoms. The van der Waals surface area contributed by atoms with Crippen LogP contribution in [0.4, 0.5) is 5.69 Å². The second kappa shape index (κ2) is 11.2. The SMILES string of the molecule is CN(C)S(=O)(=O)c1ccc(OCCNC(=O)[C@@H]2CN(S(=O)(=O)c3ccc(Cl)cc3)c3ccccc3O2)cc1. The number of carbonyl (C=O) groups excluding carboxylic acids is 1. The third-order valence-electron chi connectivity index (χ3n) is 5.70. The smallest absolute Gasteiger partial charge is 0.264 e. The molecular weight excluding hydrogens is 554 g/mol. The second-order valence-electron chi connectivity index (χ2n) is 8.46. The van der Waals surface area contributed by atoms with Crippen molar-refractivity contribution < 1.29 is 31.1 Å². The van der Waals surface area contributed by atoms with Gasteiger partial charge in [-0.05, 0) is 60.7 Å². The van der Waals surface area contributed by atoms with Crippen molar-refractivity contribution in [2.24, 2.45) is 0 Å². The summed E-state index contributed by atoms with van der Waals surface area (Å²) in [6, 6.07) is 18.3. The molecule has 1 atom stereocenters. The van der Waals surface area contributed by atoms with E-state index in [2.05, 4.69) is 5.32 Å². The van der Waals surface area contributed by atoms with Crippen LogP contribution in [-0.2, 0) is 24.8 Å². The lowest BCUT2D eigenvalue weighted by Crippen LogP contribution is -2.51. The van der Waals surface area contributed by atoms with E-state index in [1.807, 2.05) is 0 Å². The lowest BCUT2D eigenvalue weighted by Gasteiger charge is -2.34. The molecule has 202 valence electrons. The third kappa shape index (κ3) is 5.88. The van der Waals surface area contributed by atoms with E-state index in [0.29, 0.717) is 16.5 Å². The van der Waals surface area contributed by atoms with Gasteiger partial charge in [-0.1, -0.05) is 23.7 Å². The summed E-state index contributed by atoms with van der Waals surface area (Å²) in [5.41, 5.74) is 0.328. The van der Waals surface area contributed by atoms with E-state index in [4.69, 9.17) is 21.1 Å². The van der Waals surface area contributed by atoms with E-state index in [1.165, 1.54) is 62.6 Å². The first-order chi connectivity index (χ1) is 18.0. The van der Waals surface area contributed by atoms with Crippen molar-refractivity contribution in [1.29, 1.82) is 0 Å². The van der Waals surface area contributed by atoms with E-state index < -0.39 is 32.1 Å². The Labute approximate surface area is 226 Å². The number of nitrogens with zero attached hydrogens (tertiary/aromatic N) is 2. The Morgan fingerprint density at radius 3 is 2.29 bits per heavy atom. The molecule has 0 unspecified atom stereocenters. The maximum Gasteiger partial charge on any atom is 0.264 e. The lowest BCUT2D eigenvalue weighted by atomic mass is 10.2. The van der Waals surface area contributed by atoms with Gasteiger partial charge in [-0.25, -0.2) is 21.1 Å². The van der Waals surface area contributed by atoms with Crippen LogP contribution in [0.15, 0.2) is 82.6 Å². The number of sulfonamides is 2. The number of carbonyl (C=O) groups is 1. The Hall–Kier alpha value is -3.32. The van der Waals surface area contributed by atoms with Gasteiger partial charge in [0, 0.05) is 19.1 Å². The highest BCUT2D eigenvalue weighted by Gasteiger charge is 2.37. The van der Waals surface area contributed by atoms with Crippen LogP contribution in [-0.4, -0.2) is 66.9 Å². The summed E-state index contributed by atoms with van der Waals surface area (Å²) >= 11 is 5.91. The van der Waals surface area contributed by atoms with Crippen LogP contribution in [0.2, 0.25) is 5.02 Å². The fraction of sp³-hybridized carbons (Fsp3) is 0.240. The normalized spacial score (nSPS) is 15.5. The van der Waals surface area contributed by atoms with Crippen molar-refractivity contribution in [2.75, 3.05) is 38.1 Å². The van der Waals surface area contributed by atoms with Crippen molar-refractivity contribution in [3.63, 3.8) is 0 Å². The highest BCUT2D eigenvalue weighted by molar-refractivity contribution is 7.92. The number of nitrogens with one attached hydrogen (secondary N) is 1. The van der Waals surface area contributed by atoms with Gasteiger partial charge in [0.1, 0.15) is 18.1 Å². The molecule has 1 N–H and O–H groups in total. The van der Waals surface area contributed by atoms with Gasteiger partial charge in [0.2, 0.25) is 10.0 Å².